The molecule has 2 aromatic carbocycles. The van der Waals surface area contributed by atoms with Gasteiger partial charge in [-0.3, -0.25) is 9.59 Å². The summed E-state index contributed by atoms with van der Waals surface area (Å²) in [5, 5.41) is 0. The molecule has 4 aliphatic heterocycles. The molecule has 4 aliphatic rings. The van der Waals surface area contributed by atoms with E-state index in [1.807, 2.05) is 24.3 Å². The van der Waals surface area contributed by atoms with Crippen LogP contribution in [0.3, 0.4) is 0 Å². The molecule has 2 aromatic rings. The van der Waals surface area contributed by atoms with Gasteiger partial charge in [-0.2, -0.15) is 0 Å². The minimum atomic E-state index is -0.377. The highest BCUT2D eigenvalue weighted by Gasteiger charge is 2.25. The number of anilines is 4. The van der Waals surface area contributed by atoms with Gasteiger partial charge < -0.3 is 19.6 Å². The average molecular weight is 543 g/mol. The number of piperidine rings is 4. The second kappa shape index (κ2) is 12.7. The number of hydrogen-bond acceptors (Lipinski definition) is 6. The van der Waals surface area contributed by atoms with E-state index in [1.165, 1.54) is 77.0 Å². The van der Waals surface area contributed by atoms with E-state index in [-0.39, 0.29) is 11.6 Å². The fourth-order valence-electron chi connectivity index (χ4n) is 7.05. The van der Waals surface area contributed by atoms with Crippen LogP contribution >= 0.6 is 0 Å². The summed E-state index contributed by atoms with van der Waals surface area (Å²) in [6.07, 6.45) is 14.5. The zero-order valence-electron chi connectivity index (χ0n) is 24.2. The Morgan fingerprint density at radius 3 is 0.800 bits per heavy atom. The first kappa shape index (κ1) is 27.2. The van der Waals surface area contributed by atoms with Crippen molar-refractivity contribution in [3.63, 3.8) is 0 Å². The second-order valence-corrected chi connectivity index (χ2v) is 12.3. The van der Waals surface area contributed by atoms with Crippen LogP contribution in [-0.4, -0.2) is 63.9 Å². The molecule has 0 radical (unpaired) electrons. The molecule has 0 atom stereocenters. The Labute approximate surface area is 240 Å². The monoisotopic (exact) mass is 542 g/mol. The largest absolute Gasteiger partial charge is 0.371 e. The minimum Gasteiger partial charge on any atom is -0.371 e. The van der Waals surface area contributed by atoms with Crippen LogP contribution in [0.4, 0.5) is 22.7 Å². The molecule has 0 spiro atoms. The van der Waals surface area contributed by atoms with Gasteiger partial charge in [0.15, 0.2) is 0 Å². The van der Waals surface area contributed by atoms with E-state index < -0.39 is 0 Å². The SMILES string of the molecule is O=C(C(=O)c1cc(N2CCCCC2)cc(N2CCCCC2)c1)c1cc(N2CCCCC2)cc(N2CCCCC2)c1. The van der Waals surface area contributed by atoms with Crippen molar-refractivity contribution < 1.29 is 9.59 Å². The molecule has 214 valence electrons. The summed E-state index contributed by atoms with van der Waals surface area (Å²) in [5.74, 6) is -0.755. The quantitative estimate of drug-likeness (QED) is 0.286. The Morgan fingerprint density at radius 2 is 0.575 bits per heavy atom. The summed E-state index contributed by atoms with van der Waals surface area (Å²) < 4.78 is 0. The Kier molecular flexibility index (Phi) is 8.59. The number of nitrogens with zero attached hydrogens (tertiary/aromatic N) is 4. The van der Waals surface area contributed by atoms with Gasteiger partial charge in [-0.05, 0) is 113 Å². The van der Waals surface area contributed by atoms with Crippen molar-refractivity contribution in [2.24, 2.45) is 0 Å². The number of rotatable bonds is 7. The molecule has 0 aliphatic carbocycles. The molecular weight excluding hydrogens is 496 g/mol. The third-order valence-electron chi connectivity index (χ3n) is 9.42. The highest BCUT2D eigenvalue weighted by molar-refractivity contribution is 6.49. The number of Topliss-reactive ketones (excluding diaryl/α,β-unsaturated/α-hetero) is 2. The van der Waals surface area contributed by atoms with Gasteiger partial charge in [-0.25, -0.2) is 0 Å². The summed E-state index contributed by atoms with van der Waals surface area (Å²) in [6, 6.07) is 12.4. The molecular formula is C34H46N4O2. The molecule has 4 heterocycles. The molecule has 4 fully saturated rings. The van der Waals surface area contributed by atoms with Crippen molar-refractivity contribution >= 4 is 34.3 Å². The van der Waals surface area contributed by atoms with E-state index in [9.17, 15) is 9.59 Å². The van der Waals surface area contributed by atoms with Gasteiger partial charge in [0.1, 0.15) is 0 Å². The first-order chi connectivity index (χ1) is 19.7. The third kappa shape index (κ3) is 6.16. The maximum atomic E-state index is 14.0. The number of carbonyl (C=O) groups excluding carboxylic acids is 2. The highest BCUT2D eigenvalue weighted by atomic mass is 16.2. The Morgan fingerprint density at radius 1 is 0.350 bits per heavy atom. The number of benzene rings is 2. The van der Waals surface area contributed by atoms with Crippen molar-refractivity contribution in [1.82, 2.24) is 0 Å². The van der Waals surface area contributed by atoms with Gasteiger partial charge in [-0.15, -0.1) is 0 Å². The minimum absolute atomic E-state index is 0.377. The molecule has 40 heavy (non-hydrogen) atoms. The summed E-state index contributed by atoms with van der Waals surface area (Å²) in [6.45, 7) is 8.13. The fraction of sp³-hybridized carbons (Fsp3) is 0.588. The smallest absolute Gasteiger partial charge is 0.233 e. The summed E-state index contributed by atoms with van der Waals surface area (Å²) in [7, 11) is 0. The predicted molar refractivity (Wildman–Crippen MR) is 166 cm³/mol. The average Bonchev–Trinajstić information content (AvgIpc) is 3.05. The molecule has 0 N–H and O–H groups in total. The molecule has 6 heteroatoms. The topological polar surface area (TPSA) is 47.1 Å². The van der Waals surface area contributed by atoms with Crippen molar-refractivity contribution in [3.05, 3.63) is 47.5 Å². The number of carbonyl (C=O) groups is 2. The Balaban J connectivity index is 1.33. The van der Waals surface area contributed by atoms with Gasteiger partial charge in [0.2, 0.25) is 11.6 Å². The van der Waals surface area contributed by atoms with E-state index in [0.717, 1.165) is 75.1 Å². The van der Waals surface area contributed by atoms with Crippen LogP contribution < -0.4 is 19.6 Å². The summed E-state index contributed by atoms with van der Waals surface area (Å²) >= 11 is 0. The maximum Gasteiger partial charge on any atom is 0.233 e. The lowest BCUT2D eigenvalue weighted by Crippen LogP contribution is -2.32. The van der Waals surface area contributed by atoms with Gasteiger partial charge >= 0.3 is 0 Å². The second-order valence-electron chi connectivity index (χ2n) is 12.3. The van der Waals surface area contributed by atoms with Crippen LogP contribution in [0.15, 0.2) is 36.4 Å². The molecule has 0 amide bonds. The van der Waals surface area contributed by atoms with Crippen molar-refractivity contribution in [2.75, 3.05) is 72.0 Å². The van der Waals surface area contributed by atoms with Crippen molar-refractivity contribution in [1.29, 1.82) is 0 Å². The lowest BCUT2D eigenvalue weighted by atomic mass is 9.97. The lowest BCUT2D eigenvalue weighted by Gasteiger charge is -2.33. The zero-order chi connectivity index (χ0) is 27.3. The fourth-order valence-corrected chi connectivity index (χ4v) is 7.05. The van der Waals surface area contributed by atoms with Gasteiger partial charge in [0.05, 0.1) is 0 Å². The molecule has 0 saturated carbocycles. The van der Waals surface area contributed by atoms with Crippen molar-refractivity contribution in [3.8, 4) is 0 Å². The standard InChI is InChI=1S/C34H46N4O2/c39-33(27-21-29(35-13-5-1-6-14-35)25-30(22-27)36-15-7-2-8-16-36)34(40)28-23-31(37-17-9-3-10-18-37)26-32(24-28)38-19-11-4-12-20-38/h21-26H,1-20H2. The van der Waals surface area contributed by atoms with Crippen LogP contribution in [0.25, 0.3) is 0 Å². The predicted octanol–water partition coefficient (Wildman–Crippen LogP) is 6.71. The maximum absolute atomic E-state index is 14.0. The molecule has 4 saturated heterocycles. The molecule has 0 unspecified atom stereocenters. The summed E-state index contributed by atoms with van der Waals surface area (Å²) in [4.78, 5) is 37.6. The first-order valence-corrected chi connectivity index (χ1v) is 16.0. The van der Waals surface area contributed by atoms with Gasteiger partial charge in [0, 0.05) is 86.2 Å². The zero-order valence-corrected chi connectivity index (χ0v) is 24.2. The van der Waals surface area contributed by atoms with Crippen LogP contribution in [-0.2, 0) is 0 Å². The van der Waals surface area contributed by atoms with E-state index in [2.05, 4.69) is 31.7 Å². The highest BCUT2D eigenvalue weighted by Crippen LogP contribution is 2.32. The molecule has 6 nitrogen and oxygen atoms in total. The van der Waals surface area contributed by atoms with Gasteiger partial charge in [-0.1, -0.05) is 0 Å². The van der Waals surface area contributed by atoms with Crippen LogP contribution in [0.1, 0.15) is 97.8 Å². The molecule has 0 aromatic heterocycles. The summed E-state index contributed by atoms with van der Waals surface area (Å²) in [5.41, 5.74) is 5.45. The van der Waals surface area contributed by atoms with Crippen LogP contribution in [0.5, 0.6) is 0 Å². The number of ketones is 2. The van der Waals surface area contributed by atoms with E-state index in [1.54, 1.807) is 0 Å². The third-order valence-corrected chi connectivity index (χ3v) is 9.42. The normalized spacial score (nSPS) is 20.5. The van der Waals surface area contributed by atoms with E-state index >= 15 is 0 Å². The lowest BCUT2D eigenvalue weighted by molar-refractivity contribution is 0.0817. The first-order valence-electron chi connectivity index (χ1n) is 16.0. The van der Waals surface area contributed by atoms with Crippen molar-refractivity contribution in [2.45, 2.75) is 77.0 Å². The van der Waals surface area contributed by atoms with Gasteiger partial charge in [0.25, 0.3) is 0 Å². The molecule has 0 bridgehead atoms. The molecule has 6 rings (SSSR count). The Bertz CT molecular complexity index is 1020. The van der Waals surface area contributed by atoms with Crippen LogP contribution in [0.2, 0.25) is 0 Å². The van der Waals surface area contributed by atoms with Crippen LogP contribution in [0, 0.1) is 0 Å². The Hall–Kier alpha value is -3.02. The van der Waals surface area contributed by atoms with E-state index in [4.69, 9.17) is 0 Å². The number of hydrogen-bond donors (Lipinski definition) is 0. The van der Waals surface area contributed by atoms with E-state index in [0.29, 0.717) is 11.1 Å².